The third kappa shape index (κ3) is 3.19. The molecule has 3 unspecified atom stereocenters. The van der Waals surface area contributed by atoms with Crippen molar-refractivity contribution in [2.24, 2.45) is 17.6 Å². The Morgan fingerprint density at radius 3 is 2.75 bits per heavy atom. The molecule has 4 N–H and O–H groups in total. The molecule has 0 spiro atoms. The Hall–Kier alpha value is -0.120. The van der Waals surface area contributed by atoms with Crippen LogP contribution in [0.4, 0.5) is 0 Å². The number of unbranched alkanes of at least 4 members (excludes halogenated alkanes) is 1. The van der Waals surface area contributed by atoms with Crippen LogP contribution in [-0.4, -0.2) is 30.3 Å². The largest absolute Gasteiger partial charge is 0.396 e. The van der Waals surface area contributed by atoms with E-state index in [9.17, 15) is 0 Å². The van der Waals surface area contributed by atoms with E-state index in [0.717, 1.165) is 31.8 Å². The van der Waals surface area contributed by atoms with Gasteiger partial charge >= 0.3 is 0 Å². The maximum Gasteiger partial charge on any atom is 0.0431 e. The lowest BCUT2D eigenvalue weighted by Gasteiger charge is -2.46. The normalized spacial score (nSPS) is 35.2. The first-order valence-corrected chi connectivity index (χ1v) is 6.72. The lowest BCUT2D eigenvalue weighted by Crippen LogP contribution is -2.59. The first-order chi connectivity index (χ1) is 7.66. The quantitative estimate of drug-likeness (QED) is 0.604. The van der Waals surface area contributed by atoms with E-state index >= 15 is 0 Å². The molecule has 3 heteroatoms. The number of rotatable bonds is 6. The monoisotopic (exact) mass is 228 g/mol. The molecule has 1 rings (SSSR count). The van der Waals surface area contributed by atoms with Gasteiger partial charge in [0, 0.05) is 18.7 Å². The Morgan fingerprint density at radius 1 is 1.38 bits per heavy atom. The summed E-state index contributed by atoms with van der Waals surface area (Å²) < 4.78 is 0. The summed E-state index contributed by atoms with van der Waals surface area (Å²) in [4.78, 5) is 0. The Morgan fingerprint density at radius 2 is 2.12 bits per heavy atom. The average molecular weight is 228 g/mol. The molecule has 96 valence electrons. The predicted octanol–water partition coefficient (Wildman–Crippen LogP) is 1.50. The summed E-state index contributed by atoms with van der Waals surface area (Å²) >= 11 is 0. The van der Waals surface area contributed by atoms with Gasteiger partial charge in [-0.2, -0.15) is 0 Å². The highest BCUT2D eigenvalue weighted by Crippen LogP contribution is 2.36. The summed E-state index contributed by atoms with van der Waals surface area (Å²) in [5.74, 6) is 1.42. The van der Waals surface area contributed by atoms with E-state index < -0.39 is 0 Å². The smallest absolute Gasteiger partial charge is 0.0431 e. The fourth-order valence-electron chi connectivity index (χ4n) is 2.95. The van der Waals surface area contributed by atoms with Gasteiger partial charge in [-0.25, -0.2) is 0 Å². The maximum absolute atomic E-state index is 8.77. The zero-order valence-electron chi connectivity index (χ0n) is 10.8. The lowest BCUT2D eigenvalue weighted by molar-refractivity contribution is 0.111. The molecule has 1 saturated carbocycles. The molecule has 3 atom stereocenters. The van der Waals surface area contributed by atoms with Crippen molar-refractivity contribution in [1.82, 2.24) is 5.32 Å². The molecule has 0 aliphatic heterocycles. The fraction of sp³-hybridized carbons (Fsp3) is 1.00. The third-order valence-electron chi connectivity index (χ3n) is 4.43. The van der Waals surface area contributed by atoms with Crippen molar-refractivity contribution in [3.05, 3.63) is 0 Å². The van der Waals surface area contributed by atoms with Crippen LogP contribution >= 0.6 is 0 Å². The molecule has 1 aliphatic carbocycles. The van der Waals surface area contributed by atoms with E-state index in [-0.39, 0.29) is 5.54 Å². The highest BCUT2D eigenvalue weighted by Gasteiger charge is 2.39. The van der Waals surface area contributed by atoms with Gasteiger partial charge in [0.1, 0.15) is 0 Å². The van der Waals surface area contributed by atoms with Gasteiger partial charge in [-0.05, 0) is 37.6 Å². The van der Waals surface area contributed by atoms with E-state index in [4.69, 9.17) is 10.8 Å². The highest BCUT2D eigenvalue weighted by molar-refractivity contribution is 4.98. The summed E-state index contributed by atoms with van der Waals surface area (Å²) in [6, 6.07) is 0. The van der Waals surface area contributed by atoms with Gasteiger partial charge in [0.05, 0.1) is 0 Å². The molecule has 16 heavy (non-hydrogen) atoms. The van der Waals surface area contributed by atoms with Crippen LogP contribution in [0, 0.1) is 11.8 Å². The van der Waals surface area contributed by atoms with Crippen molar-refractivity contribution in [3.8, 4) is 0 Å². The van der Waals surface area contributed by atoms with Gasteiger partial charge in [-0.3, -0.25) is 0 Å². The van der Waals surface area contributed by atoms with Crippen molar-refractivity contribution in [1.29, 1.82) is 0 Å². The Bertz CT molecular complexity index is 198. The summed E-state index contributed by atoms with van der Waals surface area (Å²) in [5.41, 5.74) is 6.14. The molecular weight excluding hydrogens is 200 g/mol. The number of aliphatic hydroxyl groups is 1. The number of aliphatic hydroxyl groups excluding tert-OH is 1. The van der Waals surface area contributed by atoms with E-state index in [2.05, 4.69) is 19.2 Å². The minimum Gasteiger partial charge on any atom is -0.396 e. The summed E-state index contributed by atoms with van der Waals surface area (Å²) in [6.45, 7) is 6.68. The van der Waals surface area contributed by atoms with Gasteiger partial charge < -0.3 is 16.2 Å². The lowest BCUT2D eigenvalue weighted by atomic mass is 9.68. The molecule has 0 radical (unpaired) electrons. The summed E-state index contributed by atoms with van der Waals surface area (Å²) in [7, 11) is 0. The molecule has 0 amide bonds. The van der Waals surface area contributed by atoms with Gasteiger partial charge in [0.25, 0.3) is 0 Å². The van der Waals surface area contributed by atoms with Crippen molar-refractivity contribution < 1.29 is 5.11 Å². The Balaban J connectivity index is 2.47. The van der Waals surface area contributed by atoms with Crippen LogP contribution in [-0.2, 0) is 0 Å². The van der Waals surface area contributed by atoms with Crippen LogP contribution in [0.15, 0.2) is 0 Å². The van der Waals surface area contributed by atoms with Gasteiger partial charge in [-0.1, -0.05) is 26.7 Å². The topological polar surface area (TPSA) is 58.3 Å². The van der Waals surface area contributed by atoms with Crippen molar-refractivity contribution in [3.63, 3.8) is 0 Å². The predicted molar refractivity (Wildman–Crippen MR) is 68.3 cm³/mol. The van der Waals surface area contributed by atoms with Gasteiger partial charge in [0.2, 0.25) is 0 Å². The molecule has 0 heterocycles. The first-order valence-electron chi connectivity index (χ1n) is 6.72. The second-order valence-electron chi connectivity index (χ2n) is 5.38. The SMILES string of the molecule is CC1CCCC(CN)(NCCCCO)C1C. The van der Waals surface area contributed by atoms with E-state index in [1.165, 1.54) is 19.3 Å². The highest BCUT2D eigenvalue weighted by atomic mass is 16.2. The molecule has 0 aromatic heterocycles. The average Bonchev–Trinajstić information content (AvgIpc) is 2.30. The van der Waals surface area contributed by atoms with Crippen LogP contribution in [0.1, 0.15) is 46.0 Å². The van der Waals surface area contributed by atoms with Crippen LogP contribution in [0.5, 0.6) is 0 Å². The Labute approximate surface area is 99.8 Å². The zero-order valence-corrected chi connectivity index (χ0v) is 10.8. The molecule has 1 aliphatic rings. The summed E-state index contributed by atoms with van der Waals surface area (Å²) in [6.07, 6.45) is 5.75. The van der Waals surface area contributed by atoms with Crippen molar-refractivity contribution >= 4 is 0 Å². The van der Waals surface area contributed by atoms with Gasteiger partial charge in [-0.15, -0.1) is 0 Å². The van der Waals surface area contributed by atoms with Gasteiger partial charge in [0.15, 0.2) is 0 Å². The number of nitrogens with one attached hydrogen (secondary N) is 1. The second-order valence-corrected chi connectivity index (χ2v) is 5.38. The van der Waals surface area contributed by atoms with E-state index in [1.54, 1.807) is 0 Å². The van der Waals surface area contributed by atoms with E-state index in [0.29, 0.717) is 12.5 Å². The molecule has 0 aromatic carbocycles. The molecule has 0 aromatic rings. The number of hydrogen-bond donors (Lipinski definition) is 3. The minimum absolute atomic E-state index is 0.146. The van der Waals surface area contributed by atoms with Crippen molar-refractivity contribution in [2.45, 2.75) is 51.5 Å². The standard InChI is InChI=1S/C13H28N2O/c1-11-6-5-7-13(10-14,12(11)2)15-8-3-4-9-16/h11-12,15-16H,3-10,14H2,1-2H3. The first kappa shape index (κ1) is 13.9. The minimum atomic E-state index is 0.146. The molecule has 0 saturated heterocycles. The molecular formula is C13H28N2O. The Kier molecular flexibility index (Phi) is 5.73. The summed E-state index contributed by atoms with van der Waals surface area (Å²) in [5, 5.41) is 12.4. The fourth-order valence-corrected chi connectivity index (χ4v) is 2.95. The zero-order chi connectivity index (χ0) is 12.0. The number of nitrogens with two attached hydrogens (primary N) is 1. The molecule has 1 fully saturated rings. The number of hydrogen-bond acceptors (Lipinski definition) is 3. The van der Waals surface area contributed by atoms with Crippen molar-refractivity contribution in [2.75, 3.05) is 19.7 Å². The van der Waals surface area contributed by atoms with Crippen LogP contribution in [0.2, 0.25) is 0 Å². The molecule has 0 bridgehead atoms. The van der Waals surface area contributed by atoms with Crippen LogP contribution in [0.3, 0.4) is 0 Å². The third-order valence-corrected chi connectivity index (χ3v) is 4.43. The second kappa shape index (κ2) is 6.58. The molecule has 3 nitrogen and oxygen atoms in total. The van der Waals surface area contributed by atoms with E-state index in [1.807, 2.05) is 0 Å². The maximum atomic E-state index is 8.77. The van der Waals surface area contributed by atoms with Crippen LogP contribution < -0.4 is 11.1 Å². The van der Waals surface area contributed by atoms with Crippen LogP contribution in [0.25, 0.3) is 0 Å².